The van der Waals surface area contributed by atoms with Crippen molar-refractivity contribution < 1.29 is 48.6 Å². The highest BCUT2D eigenvalue weighted by atomic mass is 16.7. The fraction of sp³-hybridized carbons (Fsp3) is 0.903. The number of fused-ring (bicyclic) bond motifs is 3. The Labute approximate surface area is 255 Å². The number of Topliss-reactive ketones (excluding diaryl/α,β-unsaturated/α-hetero) is 1. The molecule has 0 spiro atoms. The third kappa shape index (κ3) is 8.02. The Balaban J connectivity index is 2.11. The van der Waals surface area contributed by atoms with Gasteiger partial charge in [0.2, 0.25) is 0 Å². The molecular weight excluding hydrogens is 560 g/mol. The minimum Gasteiger partial charge on any atom is -0.459 e. The molecule has 3 saturated heterocycles. The zero-order valence-electron chi connectivity index (χ0n) is 27.2. The van der Waals surface area contributed by atoms with Crippen LogP contribution in [0.15, 0.2) is 0 Å². The molecule has 13 atom stereocenters. The Bertz CT molecular complexity index is 992. The van der Waals surface area contributed by atoms with Crippen LogP contribution in [-0.2, 0) is 33.3 Å². The van der Waals surface area contributed by atoms with Crippen LogP contribution in [0.3, 0.4) is 0 Å². The van der Waals surface area contributed by atoms with Gasteiger partial charge in [-0.05, 0) is 67.0 Å². The molecule has 248 valence electrons. The maximum atomic E-state index is 13.5. The summed E-state index contributed by atoms with van der Waals surface area (Å²) in [6, 6.07) is -0.231. The lowest BCUT2D eigenvalue weighted by Crippen LogP contribution is -2.58. The maximum absolute atomic E-state index is 13.5. The van der Waals surface area contributed by atoms with E-state index in [-0.39, 0.29) is 56.1 Å². The van der Waals surface area contributed by atoms with Crippen molar-refractivity contribution in [3.63, 3.8) is 0 Å². The molecule has 3 fully saturated rings. The first-order valence-electron chi connectivity index (χ1n) is 15.5. The lowest BCUT2D eigenvalue weighted by Gasteiger charge is -2.46. The predicted octanol–water partition coefficient (Wildman–Crippen LogP) is 1.70. The molecule has 3 rings (SSSR count). The second-order valence-electron chi connectivity index (χ2n) is 13.6. The number of carbonyl (C=O) groups excluding carboxylic acids is 2. The molecule has 1 unspecified atom stereocenters. The second kappa shape index (κ2) is 14.3. The molecule has 0 radical (unpaired) electrons. The molecule has 3 heterocycles. The molecule has 3 aliphatic rings. The van der Waals surface area contributed by atoms with Crippen LogP contribution in [-0.4, -0.2) is 125 Å². The Morgan fingerprint density at radius 3 is 2.30 bits per heavy atom. The van der Waals surface area contributed by atoms with Gasteiger partial charge < -0.3 is 49.3 Å². The summed E-state index contributed by atoms with van der Waals surface area (Å²) in [5.41, 5.74) is -2.87. The number of cyclic esters (lactones) is 1. The number of aliphatic hydroxyl groups is 3. The summed E-state index contributed by atoms with van der Waals surface area (Å²) in [7, 11) is 3.76. The van der Waals surface area contributed by atoms with Crippen LogP contribution >= 0.6 is 0 Å². The van der Waals surface area contributed by atoms with Crippen LogP contribution in [0.25, 0.3) is 0 Å². The number of ketones is 1. The van der Waals surface area contributed by atoms with Crippen molar-refractivity contribution in [3.05, 3.63) is 0 Å². The summed E-state index contributed by atoms with van der Waals surface area (Å²) in [5, 5.41) is 42.9. The van der Waals surface area contributed by atoms with Crippen molar-refractivity contribution in [2.75, 3.05) is 27.3 Å². The smallest absolute Gasteiger partial charge is 0.311 e. The summed E-state index contributed by atoms with van der Waals surface area (Å²) in [5.74, 6) is -3.13. The SMILES string of the molecule is CC[C@H]1OC(=O)[C@H](C)[C@H]2C[C@@H](OC3O[C@H](C)C[C@H](N(C)C)[C@H]3O)[C@](C)(C[C@@H](C)C(=N)[C@H](C)[C@@H](O)[C@]1(C)O)OCC(=O)CO2. The summed E-state index contributed by atoms with van der Waals surface area (Å²) in [4.78, 5) is 28.3. The van der Waals surface area contributed by atoms with Crippen LogP contribution < -0.4 is 0 Å². The molecule has 0 aromatic rings. The lowest BCUT2D eigenvalue weighted by molar-refractivity contribution is -0.294. The molecular formula is C31H54N2O10. The summed E-state index contributed by atoms with van der Waals surface area (Å²) < 4.78 is 30.8. The van der Waals surface area contributed by atoms with Crippen LogP contribution in [0.4, 0.5) is 0 Å². The normalized spacial score (nSPS) is 46.1. The first kappa shape index (κ1) is 36.0. The Kier molecular flexibility index (Phi) is 11.9. The van der Waals surface area contributed by atoms with E-state index in [1.807, 2.05) is 32.8 Å². The van der Waals surface area contributed by atoms with Gasteiger partial charge in [0.1, 0.15) is 31.0 Å². The predicted molar refractivity (Wildman–Crippen MR) is 158 cm³/mol. The highest BCUT2D eigenvalue weighted by Gasteiger charge is 2.50. The molecule has 43 heavy (non-hydrogen) atoms. The van der Waals surface area contributed by atoms with Crippen molar-refractivity contribution >= 4 is 17.5 Å². The van der Waals surface area contributed by atoms with Crippen molar-refractivity contribution in [1.82, 2.24) is 4.90 Å². The quantitative estimate of drug-likeness (QED) is 0.340. The summed E-state index contributed by atoms with van der Waals surface area (Å²) >= 11 is 0. The van der Waals surface area contributed by atoms with Crippen LogP contribution in [0.2, 0.25) is 0 Å². The van der Waals surface area contributed by atoms with E-state index in [1.54, 1.807) is 27.7 Å². The molecule has 4 N–H and O–H groups in total. The molecule has 0 aromatic carbocycles. The van der Waals surface area contributed by atoms with Crippen molar-refractivity contribution in [2.24, 2.45) is 17.8 Å². The van der Waals surface area contributed by atoms with E-state index >= 15 is 0 Å². The van der Waals surface area contributed by atoms with E-state index in [1.165, 1.54) is 6.92 Å². The highest BCUT2D eigenvalue weighted by Crippen LogP contribution is 2.38. The van der Waals surface area contributed by atoms with Gasteiger partial charge in [-0.1, -0.05) is 20.8 Å². The molecule has 3 aliphatic heterocycles. The van der Waals surface area contributed by atoms with Gasteiger partial charge in [-0.25, -0.2) is 0 Å². The lowest BCUT2D eigenvalue weighted by atomic mass is 9.75. The van der Waals surface area contributed by atoms with Crippen molar-refractivity contribution in [3.8, 4) is 0 Å². The Morgan fingerprint density at radius 1 is 1.05 bits per heavy atom. The number of hydrogen-bond donors (Lipinski definition) is 4. The van der Waals surface area contributed by atoms with Gasteiger partial charge in [-0.3, -0.25) is 9.59 Å². The standard InChI is InChI=1S/C31H54N2O10/c1-10-23-31(7,38)27(36)19(5)25(32)16(2)13-30(6)24(43-29-26(35)21(33(8)9)11-17(3)41-29)12-22(18(4)28(37)42-23)39-14-20(34)15-40-30/h16-19,21-24,26-27,29,32,35-36,38H,10-15H2,1-9H3/t16-,17-,18-,19+,21+,22-,23-,24-,26-,27-,29?,30+,31-/m1/s1. The minimum atomic E-state index is -1.83. The van der Waals surface area contributed by atoms with E-state index in [0.717, 1.165) is 0 Å². The third-order valence-electron chi connectivity index (χ3n) is 9.74. The van der Waals surface area contributed by atoms with Crippen molar-refractivity contribution in [2.45, 2.75) is 134 Å². The number of rotatable bonds is 4. The van der Waals surface area contributed by atoms with Crippen LogP contribution in [0.1, 0.15) is 74.1 Å². The first-order valence-corrected chi connectivity index (χ1v) is 15.5. The number of likely N-dealkylation sites (N-methyl/N-ethyl adjacent to an activating group) is 1. The summed E-state index contributed by atoms with van der Waals surface area (Å²) in [6.45, 7) is 11.4. The largest absolute Gasteiger partial charge is 0.459 e. The maximum Gasteiger partial charge on any atom is 0.311 e. The van der Waals surface area contributed by atoms with Gasteiger partial charge in [0.25, 0.3) is 0 Å². The van der Waals surface area contributed by atoms with Gasteiger partial charge in [-0.2, -0.15) is 0 Å². The molecule has 12 nitrogen and oxygen atoms in total. The van der Waals surface area contributed by atoms with Gasteiger partial charge in [0.15, 0.2) is 12.1 Å². The first-order chi connectivity index (χ1) is 19.9. The average molecular weight is 615 g/mol. The zero-order valence-corrected chi connectivity index (χ0v) is 27.2. The number of nitrogens with one attached hydrogen (secondary N) is 1. The number of nitrogens with zero attached hydrogens (tertiary/aromatic N) is 1. The van der Waals surface area contributed by atoms with E-state index in [4.69, 9.17) is 29.1 Å². The Morgan fingerprint density at radius 2 is 1.70 bits per heavy atom. The van der Waals surface area contributed by atoms with Crippen LogP contribution in [0.5, 0.6) is 0 Å². The number of hydrogen-bond acceptors (Lipinski definition) is 12. The number of ether oxygens (including phenoxy) is 5. The van der Waals surface area contributed by atoms with Gasteiger partial charge in [0, 0.05) is 24.1 Å². The summed E-state index contributed by atoms with van der Waals surface area (Å²) in [6.07, 6.45) is -5.25. The number of esters is 1. The second-order valence-corrected chi connectivity index (χ2v) is 13.6. The molecule has 0 aliphatic carbocycles. The van der Waals surface area contributed by atoms with E-state index in [0.29, 0.717) is 6.42 Å². The molecule has 2 bridgehead atoms. The fourth-order valence-corrected chi connectivity index (χ4v) is 6.71. The highest BCUT2D eigenvalue weighted by molar-refractivity contribution is 5.86. The van der Waals surface area contributed by atoms with Gasteiger partial charge >= 0.3 is 5.97 Å². The fourth-order valence-electron chi connectivity index (χ4n) is 6.71. The third-order valence-corrected chi connectivity index (χ3v) is 9.74. The minimum absolute atomic E-state index is 0.0963. The van der Waals surface area contributed by atoms with E-state index in [2.05, 4.69) is 0 Å². The molecule has 0 saturated carbocycles. The number of carbonyl (C=O) groups is 2. The molecule has 12 heteroatoms. The molecule has 0 amide bonds. The molecule has 0 aromatic heterocycles. The van der Waals surface area contributed by atoms with Crippen molar-refractivity contribution in [1.29, 1.82) is 5.41 Å². The Hall–Kier alpha value is -1.51. The van der Waals surface area contributed by atoms with Gasteiger partial charge in [0.05, 0.1) is 35.9 Å². The van der Waals surface area contributed by atoms with Gasteiger partial charge in [-0.15, -0.1) is 0 Å². The topological polar surface area (TPSA) is 168 Å². The van der Waals surface area contributed by atoms with E-state index in [9.17, 15) is 24.9 Å². The van der Waals surface area contributed by atoms with Crippen LogP contribution in [0, 0.1) is 23.2 Å². The monoisotopic (exact) mass is 614 g/mol. The average Bonchev–Trinajstić information content (AvgIpc) is 3.00. The zero-order chi connectivity index (χ0) is 32.4. The van der Waals surface area contributed by atoms with E-state index < -0.39 is 71.7 Å². The number of aliphatic hydroxyl groups excluding tert-OH is 2.